The molecule has 0 unspecified atom stereocenters. The van der Waals surface area contributed by atoms with Gasteiger partial charge in [0.05, 0.1) is 4.92 Å². The second-order valence-corrected chi connectivity index (χ2v) is 6.76. The summed E-state index contributed by atoms with van der Waals surface area (Å²) >= 11 is 0. The highest BCUT2D eigenvalue weighted by Gasteiger charge is 2.62. The van der Waals surface area contributed by atoms with Gasteiger partial charge in [-0.25, -0.2) is 4.39 Å². The highest BCUT2D eigenvalue weighted by Crippen LogP contribution is 2.40. The molecule has 0 saturated heterocycles. The van der Waals surface area contributed by atoms with E-state index in [1.54, 1.807) is 6.92 Å². The number of nitro groups is 1. The minimum absolute atomic E-state index is 0.328. The van der Waals surface area contributed by atoms with Crippen LogP contribution in [0.15, 0.2) is 48.5 Å². The maximum absolute atomic E-state index is 14.0. The van der Waals surface area contributed by atoms with Crippen molar-refractivity contribution < 1.29 is 30.7 Å². The van der Waals surface area contributed by atoms with Crippen molar-refractivity contribution in [2.45, 2.75) is 18.2 Å². The van der Waals surface area contributed by atoms with Crippen LogP contribution in [0.2, 0.25) is 0 Å². The normalized spacial score (nSPS) is 13.3. The van der Waals surface area contributed by atoms with Gasteiger partial charge in [0.25, 0.3) is 5.25 Å². The summed E-state index contributed by atoms with van der Waals surface area (Å²) in [6.07, 6.45) is 0. The van der Waals surface area contributed by atoms with Gasteiger partial charge in [0.15, 0.2) is 0 Å². The monoisotopic (exact) mass is 375 g/mol. The molecule has 2 rings (SSSR count). The minimum Gasteiger partial charge on any atom is -0.382 e. The van der Waals surface area contributed by atoms with Crippen LogP contribution in [-0.2, 0) is 10.1 Å². The van der Waals surface area contributed by atoms with Gasteiger partial charge < -0.3 is 4.18 Å². The van der Waals surface area contributed by atoms with Gasteiger partial charge in [-0.3, -0.25) is 10.1 Å². The molecule has 0 N–H and O–H groups in total. The van der Waals surface area contributed by atoms with E-state index in [1.807, 2.05) is 0 Å². The molecular formula is C15H12F3NO5S. The molecular weight excluding hydrogens is 363 g/mol. The van der Waals surface area contributed by atoms with Crippen LogP contribution in [0.5, 0.6) is 5.75 Å². The van der Waals surface area contributed by atoms with Crippen molar-refractivity contribution in [3.05, 3.63) is 75.6 Å². The Kier molecular flexibility index (Phi) is 5.02. The lowest BCUT2D eigenvalue weighted by Crippen LogP contribution is -2.41. The molecule has 25 heavy (non-hydrogen) atoms. The summed E-state index contributed by atoms with van der Waals surface area (Å²) in [5.74, 6) is -1.66. The zero-order valence-corrected chi connectivity index (χ0v) is 13.5. The van der Waals surface area contributed by atoms with Gasteiger partial charge in [0.2, 0.25) is 0 Å². The molecule has 0 bridgehead atoms. The smallest absolute Gasteiger partial charge is 0.382 e. The first-order valence-corrected chi connectivity index (χ1v) is 8.29. The third-order valence-corrected chi connectivity index (χ3v) is 4.81. The van der Waals surface area contributed by atoms with Gasteiger partial charge in [0.1, 0.15) is 11.6 Å². The maximum atomic E-state index is 14.0. The van der Waals surface area contributed by atoms with E-state index in [1.165, 1.54) is 24.3 Å². The fourth-order valence-electron chi connectivity index (χ4n) is 2.08. The number of rotatable bonds is 6. The minimum atomic E-state index is -5.30. The van der Waals surface area contributed by atoms with E-state index < -0.39 is 37.7 Å². The molecule has 0 aliphatic rings. The van der Waals surface area contributed by atoms with Crippen molar-refractivity contribution >= 4 is 10.1 Å². The molecule has 0 aromatic heterocycles. The van der Waals surface area contributed by atoms with Crippen LogP contribution >= 0.6 is 0 Å². The highest BCUT2D eigenvalue weighted by molar-refractivity contribution is 7.87. The van der Waals surface area contributed by atoms with E-state index in [9.17, 15) is 31.7 Å². The Balaban J connectivity index is 2.56. The van der Waals surface area contributed by atoms with Gasteiger partial charge in [0, 0.05) is 5.56 Å². The molecule has 0 fully saturated rings. The van der Waals surface area contributed by atoms with Crippen LogP contribution in [0, 0.1) is 22.9 Å². The average molecular weight is 375 g/mol. The van der Waals surface area contributed by atoms with Crippen molar-refractivity contribution in [3.8, 4) is 5.75 Å². The standard InChI is InChI=1S/C15H12F3NO5S/c1-10-6-8-11(9-7-10)24-25(22,23)14(15(17,18)19(20)21)12-4-2-3-5-13(12)16/h2-9,14H,1H3/t14-/m0/s1. The number of benzene rings is 2. The number of aryl methyl sites for hydroxylation is 1. The number of hydrogen-bond donors (Lipinski definition) is 0. The summed E-state index contributed by atoms with van der Waals surface area (Å²) in [7, 11) is -5.30. The van der Waals surface area contributed by atoms with Gasteiger partial charge >= 0.3 is 16.2 Å². The maximum Gasteiger partial charge on any atom is 0.535 e. The topological polar surface area (TPSA) is 86.5 Å². The Morgan fingerprint density at radius 1 is 1.12 bits per heavy atom. The first-order valence-electron chi connectivity index (χ1n) is 6.82. The Morgan fingerprint density at radius 3 is 2.20 bits per heavy atom. The quantitative estimate of drug-likeness (QED) is 0.334. The van der Waals surface area contributed by atoms with Crippen molar-refractivity contribution in [2.75, 3.05) is 0 Å². The van der Waals surface area contributed by atoms with Crippen molar-refractivity contribution in [2.24, 2.45) is 0 Å². The summed E-state index contributed by atoms with van der Waals surface area (Å²) in [5, 5.41) is 7.55. The molecule has 0 heterocycles. The lowest BCUT2D eigenvalue weighted by Gasteiger charge is -2.20. The van der Waals surface area contributed by atoms with Crippen molar-refractivity contribution in [3.63, 3.8) is 0 Å². The van der Waals surface area contributed by atoms with E-state index in [0.717, 1.165) is 29.8 Å². The fraction of sp³-hybridized carbons (Fsp3) is 0.200. The number of nitrogens with zero attached hydrogens (tertiary/aromatic N) is 1. The predicted molar refractivity (Wildman–Crippen MR) is 81.8 cm³/mol. The Morgan fingerprint density at radius 2 is 1.68 bits per heavy atom. The number of halogens is 3. The molecule has 0 radical (unpaired) electrons. The van der Waals surface area contributed by atoms with Crippen molar-refractivity contribution in [1.82, 2.24) is 0 Å². The second-order valence-electron chi connectivity index (χ2n) is 5.14. The van der Waals surface area contributed by atoms with Gasteiger partial charge in [-0.1, -0.05) is 35.9 Å². The Labute approximate surface area is 141 Å². The summed E-state index contributed by atoms with van der Waals surface area (Å²) < 4.78 is 71.1. The molecule has 6 nitrogen and oxygen atoms in total. The van der Waals surface area contributed by atoms with Crippen LogP contribution in [-0.4, -0.2) is 19.4 Å². The molecule has 0 saturated carbocycles. The molecule has 0 aliphatic heterocycles. The van der Waals surface area contributed by atoms with Gasteiger partial charge in [-0.2, -0.15) is 8.42 Å². The average Bonchev–Trinajstić information content (AvgIpc) is 2.51. The molecule has 2 aromatic rings. The Hall–Kier alpha value is -2.62. The summed E-state index contributed by atoms with van der Waals surface area (Å²) in [4.78, 5) is 8.62. The molecule has 0 spiro atoms. The summed E-state index contributed by atoms with van der Waals surface area (Å²) in [6, 6.07) is 3.95. The van der Waals surface area contributed by atoms with Gasteiger partial charge in [-0.05, 0) is 25.1 Å². The number of alkyl halides is 2. The van der Waals surface area contributed by atoms with Crippen LogP contribution < -0.4 is 4.18 Å². The summed E-state index contributed by atoms with van der Waals surface area (Å²) in [5.41, 5.74) is -0.317. The molecule has 134 valence electrons. The zero-order chi connectivity index (χ0) is 18.8. The van der Waals surface area contributed by atoms with E-state index in [4.69, 9.17) is 0 Å². The molecule has 1 atom stereocenters. The van der Waals surface area contributed by atoms with Crippen LogP contribution in [0.1, 0.15) is 16.4 Å². The Bertz CT molecular complexity index is 884. The van der Waals surface area contributed by atoms with Crippen LogP contribution in [0.4, 0.5) is 13.2 Å². The third-order valence-electron chi connectivity index (χ3n) is 3.27. The van der Waals surface area contributed by atoms with Gasteiger partial charge in [-0.15, -0.1) is 8.78 Å². The van der Waals surface area contributed by atoms with Crippen LogP contribution in [0.25, 0.3) is 0 Å². The van der Waals surface area contributed by atoms with Crippen molar-refractivity contribution in [1.29, 1.82) is 0 Å². The third kappa shape index (κ3) is 3.90. The van der Waals surface area contributed by atoms with Crippen LogP contribution in [0.3, 0.4) is 0 Å². The zero-order valence-electron chi connectivity index (χ0n) is 12.7. The predicted octanol–water partition coefficient (Wildman–Crippen LogP) is 3.45. The molecule has 10 heteroatoms. The first kappa shape index (κ1) is 18.7. The molecule has 0 aliphatic carbocycles. The lowest BCUT2D eigenvalue weighted by molar-refractivity contribution is -0.644. The number of hydrogen-bond acceptors (Lipinski definition) is 5. The molecule has 2 aromatic carbocycles. The second kappa shape index (κ2) is 6.71. The largest absolute Gasteiger partial charge is 0.535 e. The summed E-state index contributed by atoms with van der Waals surface area (Å²) in [6.45, 7) is 1.70. The fourth-order valence-corrected chi connectivity index (χ4v) is 3.49. The lowest BCUT2D eigenvalue weighted by atomic mass is 10.1. The highest BCUT2D eigenvalue weighted by atomic mass is 32.2. The molecule has 0 amide bonds. The van der Waals surface area contributed by atoms with E-state index in [-0.39, 0.29) is 5.75 Å². The van der Waals surface area contributed by atoms with E-state index in [2.05, 4.69) is 4.18 Å². The first-order chi connectivity index (χ1) is 11.6. The van der Waals surface area contributed by atoms with E-state index in [0.29, 0.717) is 0 Å². The van der Waals surface area contributed by atoms with E-state index >= 15 is 0 Å². The SMILES string of the molecule is Cc1ccc(OS(=O)(=O)[C@@H](c2ccccc2F)C(F)(F)[N+](=O)[O-])cc1.